The number of aromatic amines is 1. The zero-order chi connectivity index (χ0) is 18.1. The molecule has 2 rings (SSSR count). The lowest BCUT2D eigenvalue weighted by molar-refractivity contribution is -0.0611. The van der Waals surface area contributed by atoms with Gasteiger partial charge < -0.3 is 20.5 Å². The summed E-state index contributed by atoms with van der Waals surface area (Å²) in [6, 6.07) is 0.980. The molecule has 0 aromatic carbocycles. The first-order chi connectivity index (χ1) is 11.1. The standard InChI is InChI=1S/C11H17FN3O8P/c1-11(12)8(17)6(4-21-24(19,20)22-5-13)23-9(11)15-3-2-7(16)14-10(15)18/h2-3,6,8-9,17H,4-5,13H2,1H3,(H,19,20)(H,14,16,18)/t6-,8-,9-,11-/m1/s1. The summed E-state index contributed by atoms with van der Waals surface area (Å²) in [6.45, 7) is -0.296. The van der Waals surface area contributed by atoms with E-state index in [2.05, 4.69) is 9.05 Å². The van der Waals surface area contributed by atoms with Crippen LogP contribution in [0.1, 0.15) is 13.2 Å². The van der Waals surface area contributed by atoms with Crippen LogP contribution in [0.5, 0.6) is 0 Å². The first kappa shape index (κ1) is 18.9. The van der Waals surface area contributed by atoms with Gasteiger partial charge in [-0.2, -0.15) is 0 Å². The van der Waals surface area contributed by atoms with Crippen molar-refractivity contribution in [3.05, 3.63) is 33.1 Å². The van der Waals surface area contributed by atoms with Gasteiger partial charge in [-0.1, -0.05) is 0 Å². The fourth-order valence-corrected chi connectivity index (χ4v) is 2.86. The second kappa shape index (κ2) is 6.84. The fraction of sp³-hybridized carbons (Fsp3) is 0.636. The molecule has 1 aromatic rings. The number of phosphoric ester groups is 1. The molecular weight excluding hydrogens is 352 g/mol. The molecule has 1 saturated heterocycles. The van der Waals surface area contributed by atoms with Crippen LogP contribution in [0.4, 0.5) is 4.39 Å². The van der Waals surface area contributed by atoms with Crippen molar-refractivity contribution in [2.45, 2.75) is 31.0 Å². The molecule has 1 aliphatic rings. The van der Waals surface area contributed by atoms with Crippen molar-refractivity contribution in [2.24, 2.45) is 5.73 Å². The van der Waals surface area contributed by atoms with E-state index in [1.165, 1.54) is 0 Å². The highest BCUT2D eigenvalue weighted by Gasteiger charge is 2.55. The van der Waals surface area contributed by atoms with E-state index < -0.39 is 56.5 Å². The van der Waals surface area contributed by atoms with E-state index in [1.807, 2.05) is 4.98 Å². The minimum Gasteiger partial charge on any atom is -0.387 e. The van der Waals surface area contributed by atoms with E-state index >= 15 is 0 Å². The summed E-state index contributed by atoms with van der Waals surface area (Å²) >= 11 is 0. The number of halogens is 1. The first-order valence-electron chi connectivity index (χ1n) is 6.74. The molecule has 5 atom stereocenters. The number of aromatic nitrogens is 2. The Kier molecular flexibility index (Phi) is 5.40. The topological polar surface area (TPSA) is 166 Å². The Morgan fingerprint density at radius 2 is 2.21 bits per heavy atom. The highest BCUT2D eigenvalue weighted by atomic mass is 31.2. The van der Waals surface area contributed by atoms with Gasteiger partial charge in [-0.15, -0.1) is 0 Å². The fourth-order valence-electron chi connectivity index (χ4n) is 2.26. The predicted octanol–water partition coefficient (Wildman–Crippen LogP) is -1.43. The molecule has 0 spiro atoms. The SMILES string of the molecule is C[C@@]1(F)[C@H](O)[C@@H](COP(=O)(O)OCN)O[C@H]1n1ccc(=O)[nH]c1=O. The Morgan fingerprint density at radius 3 is 2.79 bits per heavy atom. The summed E-state index contributed by atoms with van der Waals surface area (Å²) in [5.74, 6) is 0. The molecule has 0 aliphatic carbocycles. The molecule has 13 heteroatoms. The van der Waals surface area contributed by atoms with Crippen LogP contribution >= 0.6 is 7.82 Å². The monoisotopic (exact) mass is 369 g/mol. The van der Waals surface area contributed by atoms with Crippen LogP contribution in [0.25, 0.3) is 0 Å². The van der Waals surface area contributed by atoms with E-state index in [9.17, 15) is 28.5 Å². The zero-order valence-electron chi connectivity index (χ0n) is 12.5. The number of nitrogens with two attached hydrogens (primary N) is 1. The van der Waals surface area contributed by atoms with Gasteiger partial charge in [0.15, 0.2) is 11.9 Å². The lowest BCUT2D eigenvalue weighted by atomic mass is 9.98. The molecule has 5 N–H and O–H groups in total. The number of nitrogens with zero attached hydrogens (tertiary/aromatic N) is 1. The lowest BCUT2D eigenvalue weighted by Gasteiger charge is -2.24. The second-order valence-electron chi connectivity index (χ2n) is 5.20. The number of alkyl halides is 1. The van der Waals surface area contributed by atoms with Gasteiger partial charge in [0.1, 0.15) is 18.9 Å². The number of nitrogens with one attached hydrogen (secondary N) is 1. The predicted molar refractivity (Wildman–Crippen MR) is 76.7 cm³/mol. The minimum absolute atomic E-state index is 0.585. The van der Waals surface area contributed by atoms with E-state index in [0.717, 1.165) is 23.8 Å². The Morgan fingerprint density at radius 1 is 1.54 bits per heavy atom. The molecule has 0 radical (unpaired) electrons. The lowest BCUT2D eigenvalue weighted by Crippen LogP contribution is -2.43. The summed E-state index contributed by atoms with van der Waals surface area (Å²) in [5, 5.41) is 10.0. The quantitative estimate of drug-likeness (QED) is 0.347. The van der Waals surface area contributed by atoms with Gasteiger partial charge in [0.2, 0.25) is 0 Å². The summed E-state index contributed by atoms with van der Waals surface area (Å²) in [5.41, 5.74) is 0.888. The van der Waals surface area contributed by atoms with E-state index in [4.69, 9.17) is 10.5 Å². The Bertz CT molecular complexity index is 749. The number of aliphatic hydroxyl groups excluding tert-OH is 1. The van der Waals surface area contributed by atoms with Crippen LogP contribution < -0.4 is 17.0 Å². The summed E-state index contributed by atoms with van der Waals surface area (Å²) < 4.78 is 41.0. The molecule has 0 amide bonds. The largest absolute Gasteiger partial charge is 0.473 e. The molecule has 1 aromatic heterocycles. The summed E-state index contributed by atoms with van der Waals surface area (Å²) in [4.78, 5) is 34.0. The van der Waals surface area contributed by atoms with Gasteiger partial charge in [0, 0.05) is 12.3 Å². The second-order valence-corrected chi connectivity index (χ2v) is 6.65. The van der Waals surface area contributed by atoms with Crippen LogP contribution in [0.2, 0.25) is 0 Å². The number of H-pyrrole nitrogens is 1. The van der Waals surface area contributed by atoms with Gasteiger partial charge in [-0.05, 0) is 6.92 Å². The number of hydrogen-bond donors (Lipinski definition) is 4. The highest BCUT2D eigenvalue weighted by molar-refractivity contribution is 7.47. The maximum atomic E-state index is 14.8. The smallest absolute Gasteiger partial charge is 0.387 e. The Hall–Kier alpha value is -1.40. The number of aliphatic hydroxyl groups is 1. The Balaban J connectivity index is 2.20. The van der Waals surface area contributed by atoms with Crippen molar-refractivity contribution in [1.29, 1.82) is 0 Å². The van der Waals surface area contributed by atoms with Crippen LogP contribution in [0.3, 0.4) is 0 Å². The molecule has 2 heterocycles. The number of ether oxygens (including phenoxy) is 1. The van der Waals surface area contributed by atoms with Crippen molar-refractivity contribution in [2.75, 3.05) is 13.3 Å². The molecule has 1 aliphatic heterocycles. The van der Waals surface area contributed by atoms with E-state index in [1.54, 1.807) is 0 Å². The van der Waals surface area contributed by atoms with Crippen LogP contribution in [-0.4, -0.2) is 50.8 Å². The Labute approximate surface area is 134 Å². The van der Waals surface area contributed by atoms with Gasteiger partial charge in [-0.3, -0.25) is 23.4 Å². The van der Waals surface area contributed by atoms with Gasteiger partial charge in [0.05, 0.1) is 6.61 Å². The van der Waals surface area contributed by atoms with Crippen LogP contribution in [-0.2, 0) is 18.3 Å². The third kappa shape index (κ3) is 3.81. The third-order valence-electron chi connectivity index (χ3n) is 3.46. The maximum Gasteiger partial charge on any atom is 0.473 e. The zero-order valence-corrected chi connectivity index (χ0v) is 13.4. The number of rotatable bonds is 6. The van der Waals surface area contributed by atoms with E-state index in [0.29, 0.717) is 0 Å². The average Bonchev–Trinajstić information content (AvgIpc) is 2.69. The molecular formula is C11H17FN3O8P. The van der Waals surface area contributed by atoms with Crippen molar-refractivity contribution in [1.82, 2.24) is 9.55 Å². The van der Waals surface area contributed by atoms with Gasteiger partial charge in [-0.25, -0.2) is 13.8 Å². The van der Waals surface area contributed by atoms with E-state index in [-0.39, 0.29) is 0 Å². The first-order valence-corrected chi connectivity index (χ1v) is 8.24. The molecule has 1 unspecified atom stereocenters. The van der Waals surface area contributed by atoms with Crippen LogP contribution in [0.15, 0.2) is 21.9 Å². The average molecular weight is 369 g/mol. The summed E-state index contributed by atoms with van der Waals surface area (Å²) in [7, 11) is -4.48. The molecule has 24 heavy (non-hydrogen) atoms. The molecule has 11 nitrogen and oxygen atoms in total. The van der Waals surface area contributed by atoms with Crippen LogP contribution in [0, 0.1) is 0 Å². The highest BCUT2D eigenvalue weighted by Crippen LogP contribution is 2.45. The third-order valence-corrected chi connectivity index (χ3v) is 4.41. The van der Waals surface area contributed by atoms with Crippen molar-refractivity contribution in [3.63, 3.8) is 0 Å². The van der Waals surface area contributed by atoms with Gasteiger partial charge >= 0.3 is 13.5 Å². The molecule has 0 bridgehead atoms. The van der Waals surface area contributed by atoms with Gasteiger partial charge in [0.25, 0.3) is 5.56 Å². The number of phosphoric acid groups is 1. The van der Waals surface area contributed by atoms with Crippen molar-refractivity contribution in [3.8, 4) is 0 Å². The normalized spacial score (nSPS) is 32.6. The number of hydrogen-bond acceptors (Lipinski definition) is 8. The molecule has 136 valence electrons. The summed E-state index contributed by atoms with van der Waals surface area (Å²) in [6.07, 6.45) is -3.72. The molecule has 0 saturated carbocycles. The maximum absolute atomic E-state index is 14.8. The molecule has 1 fully saturated rings. The minimum atomic E-state index is -4.48. The van der Waals surface area contributed by atoms with Crippen molar-refractivity contribution >= 4 is 7.82 Å². The van der Waals surface area contributed by atoms with Crippen molar-refractivity contribution < 1.29 is 32.7 Å².